The molecule has 2 aliphatic rings. The molecule has 0 saturated heterocycles. The molecule has 0 bridgehead atoms. The predicted octanol–water partition coefficient (Wildman–Crippen LogP) is -0.140. The van der Waals surface area contributed by atoms with Gasteiger partial charge in [0.15, 0.2) is 0 Å². The lowest BCUT2D eigenvalue weighted by atomic mass is 9.96. The molecule has 9 heteroatoms. The maximum absolute atomic E-state index is 12.2. The van der Waals surface area contributed by atoms with Crippen LogP contribution in [0.2, 0.25) is 0 Å². The molecule has 0 saturated carbocycles. The van der Waals surface area contributed by atoms with E-state index in [1.807, 2.05) is 0 Å². The average molecular weight is 306 g/mol. The Morgan fingerprint density at radius 3 is 2.57 bits per heavy atom. The number of sulfone groups is 1. The van der Waals surface area contributed by atoms with E-state index in [0.717, 1.165) is 23.7 Å². The predicted molar refractivity (Wildman–Crippen MR) is 68.1 cm³/mol. The summed E-state index contributed by atoms with van der Waals surface area (Å²) in [5.41, 5.74) is -1.43. The second-order valence-corrected chi connectivity index (χ2v) is 6.02. The average Bonchev–Trinajstić information content (AvgIpc) is 2.43. The second kappa shape index (κ2) is 4.09. The third kappa shape index (κ3) is 1.78. The van der Waals surface area contributed by atoms with E-state index < -0.39 is 43.7 Å². The van der Waals surface area contributed by atoms with Gasteiger partial charge in [-0.05, 0) is 12.1 Å². The minimum atomic E-state index is -4.01. The largest absolute Gasteiger partial charge is 0.477 e. The van der Waals surface area contributed by atoms with Gasteiger partial charge in [0.25, 0.3) is 0 Å². The van der Waals surface area contributed by atoms with E-state index >= 15 is 0 Å². The van der Waals surface area contributed by atoms with Gasteiger partial charge in [-0.1, -0.05) is 0 Å². The lowest BCUT2D eigenvalue weighted by Crippen LogP contribution is -2.34. The van der Waals surface area contributed by atoms with Crippen molar-refractivity contribution in [1.82, 2.24) is 10.3 Å². The third-order valence-corrected chi connectivity index (χ3v) is 4.45. The monoisotopic (exact) mass is 306 g/mol. The molecule has 1 aliphatic carbocycles. The lowest BCUT2D eigenvalue weighted by Gasteiger charge is -2.21. The van der Waals surface area contributed by atoms with Gasteiger partial charge in [-0.2, -0.15) is 0 Å². The molecule has 0 fully saturated rings. The highest BCUT2D eigenvalue weighted by molar-refractivity contribution is 7.99. The summed E-state index contributed by atoms with van der Waals surface area (Å²) in [4.78, 5) is 38.3. The summed E-state index contributed by atoms with van der Waals surface area (Å²) in [6.07, 6.45) is 1.02. The van der Waals surface area contributed by atoms with Gasteiger partial charge in [-0.3, -0.25) is 9.59 Å². The maximum atomic E-state index is 12.2. The quantitative estimate of drug-likeness (QED) is 0.733. The molecule has 0 amide bonds. The number of carboxylic acid groups (broad SMARTS) is 1. The first-order chi connectivity index (χ1) is 9.83. The molecule has 0 unspecified atom stereocenters. The molecule has 1 aromatic heterocycles. The molecule has 0 atom stereocenters. The summed E-state index contributed by atoms with van der Waals surface area (Å²) in [5.74, 6) is -3.08. The van der Waals surface area contributed by atoms with Gasteiger partial charge in [0.2, 0.25) is 21.4 Å². The molecular weight excluding hydrogens is 300 g/mol. The number of allylic oxidation sites excluding steroid dienone is 2. The molecule has 8 nitrogen and oxygen atoms in total. The van der Waals surface area contributed by atoms with Crippen LogP contribution in [-0.2, 0) is 9.84 Å². The van der Waals surface area contributed by atoms with Gasteiger partial charge < -0.3 is 10.4 Å². The van der Waals surface area contributed by atoms with Gasteiger partial charge in [0.1, 0.15) is 22.0 Å². The number of carboxylic acids is 1. The van der Waals surface area contributed by atoms with Crippen LogP contribution in [0.5, 0.6) is 0 Å². The van der Waals surface area contributed by atoms with Crippen molar-refractivity contribution >= 4 is 27.4 Å². The van der Waals surface area contributed by atoms with Crippen LogP contribution >= 0.6 is 0 Å². The summed E-state index contributed by atoms with van der Waals surface area (Å²) < 4.78 is 23.8. The van der Waals surface area contributed by atoms with E-state index in [1.165, 1.54) is 0 Å². The summed E-state index contributed by atoms with van der Waals surface area (Å²) in [6.45, 7) is 0. The summed E-state index contributed by atoms with van der Waals surface area (Å²) in [5, 5.41) is 12.0. The first-order valence-electron chi connectivity index (χ1n) is 5.59. The molecule has 0 aromatic carbocycles. The molecule has 21 heavy (non-hydrogen) atoms. The SMILES string of the molecule is O=C(O)c1ccc2c(n1)C(=O)C1=C(C2=O)S(=O)(=O)C=CN1. The molecule has 106 valence electrons. The first kappa shape index (κ1) is 13.2. The summed E-state index contributed by atoms with van der Waals surface area (Å²) >= 11 is 0. The van der Waals surface area contributed by atoms with Gasteiger partial charge in [0.05, 0.1) is 11.0 Å². The number of aromatic carboxylic acids is 1. The van der Waals surface area contributed by atoms with Crippen LogP contribution in [-0.4, -0.2) is 36.0 Å². The Morgan fingerprint density at radius 2 is 1.90 bits per heavy atom. The van der Waals surface area contributed by atoms with E-state index in [2.05, 4.69) is 10.3 Å². The van der Waals surface area contributed by atoms with Crippen molar-refractivity contribution in [2.24, 2.45) is 0 Å². The fourth-order valence-corrected chi connectivity index (χ4v) is 3.26. The van der Waals surface area contributed by atoms with Crippen LogP contribution in [0, 0.1) is 0 Å². The van der Waals surface area contributed by atoms with Crippen LogP contribution < -0.4 is 5.32 Å². The topological polar surface area (TPSA) is 130 Å². The number of ketones is 2. The van der Waals surface area contributed by atoms with E-state index in [9.17, 15) is 22.8 Å². The number of hydrogen-bond acceptors (Lipinski definition) is 7. The van der Waals surface area contributed by atoms with Crippen molar-refractivity contribution in [3.63, 3.8) is 0 Å². The fraction of sp³-hybridized carbons (Fsp3) is 0. The van der Waals surface area contributed by atoms with Gasteiger partial charge in [-0.25, -0.2) is 18.2 Å². The maximum Gasteiger partial charge on any atom is 0.354 e. The molecule has 2 N–H and O–H groups in total. The Bertz CT molecular complexity index is 894. The van der Waals surface area contributed by atoms with Crippen LogP contribution in [0.1, 0.15) is 31.3 Å². The van der Waals surface area contributed by atoms with E-state index in [0.29, 0.717) is 0 Å². The number of nitrogens with one attached hydrogen (secondary N) is 1. The van der Waals surface area contributed by atoms with Crippen molar-refractivity contribution in [3.05, 3.63) is 51.3 Å². The number of nitrogens with zero attached hydrogens (tertiary/aromatic N) is 1. The van der Waals surface area contributed by atoms with Crippen LogP contribution in [0.15, 0.2) is 34.3 Å². The van der Waals surface area contributed by atoms with E-state index in [1.54, 1.807) is 0 Å². The lowest BCUT2D eigenvalue weighted by molar-refractivity contribution is 0.0689. The standard InChI is InChI=1S/C12H6N2O6S/c15-9-5-1-2-6(12(17)18)14-7(5)10(16)8-11(9)21(19,20)4-3-13-8/h1-4,13H,(H,17,18). The Hall–Kier alpha value is -2.81. The molecule has 0 spiro atoms. The second-order valence-electron chi connectivity index (χ2n) is 4.25. The fourth-order valence-electron chi connectivity index (χ4n) is 2.07. The number of carbonyl (C=O) groups excluding carboxylic acids is 2. The highest BCUT2D eigenvalue weighted by Crippen LogP contribution is 2.30. The Kier molecular flexibility index (Phi) is 2.57. The zero-order chi connectivity index (χ0) is 15.4. The highest BCUT2D eigenvalue weighted by Gasteiger charge is 2.40. The van der Waals surface area contributed by atoms with Crippen molar-refractivity contribution in [2.75, 3.05) is 0 Å². The zero-order valence-corrected chi connectivity index (χ0v) is 11.0. The Morgan fingerprint density at radius 1 is 1.19 bits per heavy atom. The van der Waals surface area contributed by atoms with Crippen molar-refractivity contribution in [2.45, 2.75) is 0 Å². The van der Waals surface area contributed by atoms with E-state index in [4.69, 9.17) is 5.11 Å². The molecule has 3 rings (SSSR count). The summed E-state index contributed by atoms with van der Waals surface area (Å²) in [6, 6.07) is 2.13. The zero-order valence-electron chi connectivity index (χ0n) is 10.2. The molecule has 0 radical (unpaired) electrons. The smallest absolute Gasteiger partial charge is 0.354 e. The molecule has 1 aliphatic heterocycles. The minimum Gasteiger partial charge on any atom is -0.477 e. The molecular formula is C12H6N2O6S. The normalized spacial score (nSPS) is 18.9. The Balaban J connectivity index is 2.28. The Labute approximate surface area is 117 Å². The third-order valence-electron chi connectivity index (χ3n) is 2.99. The van der Waals surface area contributed by atoms with Crippen LogP contribution in [0.25, 0.3) is 0 Å². The number of Topliss-reactive ketones (excluding diaryl/α,β-unsaturated/α-hetero) is 2. The van der Waals surface area contributed by atoms with Crippen LogP contribution in [0.3, 0.4) is 0 Å². The van der Waals surface area contributed by atoms with E-state index in [-0.39, 0.29) is 11.3 Å². The summed E-state index contributed by atoms with van der Waals surface area (Å²) in [7, 11) is -4.01. The van der Waals surface area contributed by atoms with Crippen LogP contribution in [0.4, 0.5) is 0 Å². The molecule has 1 aromatic rings. The molecule has 2 heterocycles. The highest BCUT2D eigenvalue weighted by atomic mass is 32.2. The number of pyridine rings is 1. The van der Waals surface area contributed by atoms with Gasteiger partial charge >= 0.3 is 5.97 Å². The van der Waals surface area contributed by atoms with Gasteiger partial charge in [0, 0.05) is 6.20 Å². The number of fused-ring (bicyclic) bond motifs is 1. The van der Waals surface area contributed by atoms with Crippen molar-refractivity contribution in [3.8, 4) is 0 Å². The number of carbonyl (C=O) groups is 3. The van der Waals surface area contributed by atoms with Crippen molar-refractivity contribution < 1.29 is 27.9 Å². The van der Waals surface area contributed by atoms with Gasteiger partial charge in [-0.15, -0.1) is 0 Å². The number of rotatable bonds is 1. The number of aromatic nitrogens is 1. The minimum absolute atomic E-state index is 0.232. The van der Waals surface area contributed by atoms with Crippen molar-refractivity contribution in [1.29, 1.82) is 0 Å². The first-order valence-corrected chi connectivity index (χ1v) is 7.14. The number of hydrogen-bond donors (Lipinski definition) is 2.